The number of aromatic nitrogens is 1. The van der Waals surface area contributed by atoms with Gasteiger partial charge in [-0.3, -0.25) is 4.98 Å². The highest BCUT2D eigenvalue weighted by molar-refractivity contribution is 9.10. The Labute approximate surface area is 204 Å². The summed E-state index contributed by atoms with van der Waals surface area (Å²) in [6.07, 6.45) is 5.65. The fourth-order valence-corrected chi connectivity index (χ4v) is 3.90. The molecule has 33 heavy (non-hydrogen) atoms. The maximum absolute atomic E-state index is 12.0. The molecular formula is C23H20BrClF2N2O3S. The Morgan fingerprint density at radius 3 is 2.21 bits per heavy atom. The van der Waals surface area contributed by atoms with Gasteiger partial charge in [0.2, 0.25) is 0 Å². The summed E-state index contributed by atoms with van der Waals surface area (Å²) in [7, 11) is 1.16. The number of hydrogen-bond donors (Lipinski definition) is 1. The fourth-order valence-electron chi connectivity index (χ4n) is 2.52. The monoisotopic (exact) mass is 556 g/mol. The normalized spacial score (nSPS) is 13.0. The van der Waals surface area contributed by atoms with Gasteiger partial charge in [-0.25, -0.2) is 17.2 Å². The standard InChI is InChI=1S/C9H9BrO.C7H5ClF2O2S.C7H6N2/c10-9-4-2-1-3-8(9)7-5-11-6-7;8-13(11,12)6-3-1-5(2-4-6)7(9)10;1-2-6-5-9-4-3-7(6)8/h1-4,7H,5-6H2;1-4,7H;1,3-5H,(H2,8,9). The van der Waals surface area contributed by atoms with Gasteiger partial charge in [0.15, 0.2) is 0 Å². The van der Waals surface area contributed by atoms with Gasteiger partial charge in [-0.1, -0.05) is 52.2 Å². The molecule has 0 spiro atoms. The van der Waals surface area contributed by atoms with Crippen LogP contribution in [0.3, 0.4) is 0 Å². The number of pyridine rings is 1. The lowest BCUT2D eigenvalue weighted by Crippen LogP contribution is -2.25. The van der Waals surface area contributed by atoms with Crippen LogP contribution in [0, 0.1) is 12.3 Å². The van der Waals surface area contributed by atoms with Gasteiger partial charge in [0.25, 0.3) is 15.5 Å². The van der Waals surface area contributed by atoms with Crippen molar-refractivity contribution in [1.29, 1.82) is 0 Å². The van der Waals surface area contributed by atoms with E-state index in [2.05, 4.69) is 45.0 Å². The molecule has 2 N–H and O–H groups in total. The van der Waals surface area contributed by atoms with Gasteiger partial charge in [-0.15, -0.1) is 6.42 Å². The molecule has 3 aromatic rings. The smallest absolute Gasteiger partial charge is 0.263 e. The molecule has 5 nitrogen and oxygen atoms in total. The second-order valence-corrected chi connectivity index (χ2v) is 10.1. The molecule has 0 bridgehead atoms. The van der Waals surface area contributed by atoms with Crippen molar-refractivity contribution in [2.24, 2.45) is 0 Å². The number of benzene rings is 2. The van der Waals surface area contributed by atoms with Crippen molar-refractivity contribution in [2.75, 3.05) is 18.9 Å². The van der Waals surface area contributed by atoms with Gasteiger partial charge in [0, 0.05) is 39.0 Å². The first-order chi connectivity index (χ1) is 15.6. The molecule has 174 valence electrons. The molecule has 0 saturated carbocycles. The molecule has 0 atom stereocenters. The van der Waals surface area contributed by atoms with E-state index in [-0.39, 0.29) is 10.5 Å². The minimum Gasteiger partial charge on any atom is -0.398 e. The molecule has 1 aromatic heterocycles. The molecule has 0 aliphatic carbocycles. The van der Waals surface area contributed by atoms with Crippen molar-refractivity contribution in [1.82, 2.24) is 4.98 Å². The number of anilines is 1. The Hall–Kier alpha value is -2.51. The number of hydrogen-bond acceptors (Lipinski definition) is 5. The summed E-state index contributed by atoms with van der Waals surface area (Å²) < 4.78 is 51.7. The van der Waals surface area contributed by atoms with Gasteiger partial charge in [0.1, 0.15) is 0 Å². The van der Waals surface area contributed by atoms with Crippen molar-refractivity contribution in [3.63, 3.8) is 0 Å². The second-order valence-electron chi connectivity index (χ2n) is 6.67. The van der Waals surface area contributed by atoms with E-state index in [0.29, 0.717) is 17.2 Å². The number of nitrogens with two attached hydrogens (primary N) is 1. The van der Waals surface area contributed by atoms with Gasteiger partial charge >= 0.3 is 0 Å². The van der Waals surface area contributed by atoms with Crippen molar-refractivity contribution < 1.29 is 21.9 Å². The predicted octanol–water partition coefficient (Wildman–Crippen LogP) is 5.76. The van der Waals surface area contributed by atoms with Crippen LogP contribution < -0.4 is 5.73 Å². The fraction of sp³-hybridized carbons (Fsp3) is 0.174. The largest absolute Gasteiger partial charge is 0.398 e. The number of alkyl halides is 2. The third kappa shape index (κ3) is 8.41. The van der Waals surface area contributed by atoms with Crippen molar-refractivity contribution in [3.05, 3.63) is 88.2 Å². The first-order valence-corrected chi connectivity index (χ1v) is 12.5. The third-order valence-corrected chi connectivity index (χ3v) is 6.50. The highest BCUT2D eigenvalue weighted by Crippen LogP contribution is 2.29. The first-order valence-electron chi connectivity index (χ1n) is 9.44. The van der Waals surface area contributed by atoms with Gasteiger partial charge in [0.05, 0.1) is 29.4 Å². The van der Waals surface area contributed by atoms with Crippen LogP contribution >= 0.6 is 26.6 Å². The van der Waals surface area contributed by atoms with Gasteiger partial charge in [-0.05, 0) is 29.8 Å². The zero-order chi connectivity index (χ0) is 24.4. The van der Waals surface area contributed by atoms with Crippen molar-refractivity contribution in [3.8, 4) is 12.3 Å². The van der Waals surface area contributed by atoms with E-state index < -0.39 is 15.5 Å². The molecule has 0 amide bonds. The number of terminal acetylenes is 1. The lowest BCUT2D eigenvalue weighted by Gasteiger charge is -2.27. The SMILES string of the molecule is Brc1ccccc1C1COC1.C#Cc1cnccc1N.O=S(=O)(Cl)c1ccc(C(F)F)cc1. The van der Waals surface area contributed by atoms with Crippen LogP contribution in [0.2, 0.25) is 0 Å². The van der Waals surface area contributed by atoms with Crippen LogP contribution in [0.25, 0.3) is 0 Å². The molecule has 4 rings (SSSR count). The highest BCUT2D eigenvalue weighted by Gasteiger charge is 2.21. The molecule has 2 aromatic carbocycles. The number of rotatable bonds is 3. The first kappa shape index (κ1) is 26.7. The zero-order valence-corrected chi connectivity index (χ0v) is 20.3. The average Bonchev–Trinajstić information content (AvgIpc) is 2.75. The van der Waals surface area contributed by atoms with Gasteiger partial charge in [-0.2, -0.15) is 0 Å². The van der Waals surface area contributed by atoms with E-state index in [1.807, 2.05) is 6.07 Å². The Morgan fingerprint density at radius 1 is 1.15 bits per heavy atom. The van der Waals surface area contributed by atoms with E-state index in [1.165, 1.54) is 10.0 Å². The van der Waals surface area contributed by atoms with E-state index >= 15 is 0 Å². The van der Waals surface area contributed by atoms with E-state index in [9.17, 15) is 17.2 Å². The summed E-state index contributed by atoms with van der Waals surface area (Å²) in [5, 5.41) is 0. The summed E-state index contributed by atoms with van der Waals surface area (Å²) in [6, 6.07) is 14.2. The van der Waals surface area contributed by atoms with E-state index in [1.54, 1.807) is 18.5 Å². The lowest BCUT2D eigenvalue weighted by atomic mass is 9.98. The van der Waals surface area contributed by atoms with Crippen molar-refractivity contribution >= 4 is 41.4 Å². The Bertz CT molecular complexity index is 1200. The van der Waals surface area contributed by atoms with Crippen LogP contribution in [0.1, 0.15) is 29.0 Å². The molecule has 0 unspecified atom stereocenters. The molecule has 1 aliphatic rings. The number of nitrogens with zero attached hydrogens (tertiary/aromatic N) is 1. The summed E-state index contributed by atoms with van der Waals surface area (Å²) in [6.45, 7) is 1.76. The molecule has 1 saturated heterocycles. The average molecular weight is 558 g/mol. The van der Waals surface area contributed by atoms with Crippen LogP contribution in [-0.4, -0.2) is 26.6 Å². The third-order valence-electron chi connectivity index (χ3n) is 4.41. The molecule has 1 aliphatic heterocycles. The van der Waals surface area contributed by atoms with Crippen LogP contribution in [0.4, 0.5) is 14.5 Å². The van der Waals surface area contributed by atoms with Crippen LogP contribution in [0.5, 0.6) is 0 Å². The second kappa shape index (κ2) is 12.7. The summed E-state index contributed by atoms with van der Waals surface area (Å²) in [5.41, 5.74) is 7.84. The molecule has 0 radical (unpaired) electrons. The maximum Gasteiger partial charge on any atom is 0.263 e. The minimum absolute atomic E-state index is 0.182. The number of ether oxygens (including phenoxy) is 1. The summed E-state index contributed by atoms with van der Waals surface area (Å²) >= 11 is 3.52. The summed E-state index contributed by atoms with van der Waals surface area (Å²) in [5.74, 6) is 3.02. The lowest BCUT2D eigenvalue weighted by molar-refractivity contribution is 0.00814. The van der Waals surface area contributed by atoms with E-state index in [0.717, 1.165) is 37.5 Å². The van der Waals surface area contributed by atoms with Crippen LogP contribution in [0.15, 0.2) is 76.4 Å². The van der Waals surface area contributed by atoms with Gasteiger partial charge < -0.3 is 10.5 Å². The summed E-state index contributed by atoms with van der Waals surface area (Å²) in [4.78, 5) is 3.61. The number of nitrogen functional groups attached to an aromatic ring is 1. The topological polar surface area (TPSA) is 82.3 Å². The maximum atomic E-state index is 12.0. The molecular weight excluding hydrogens is 538 g/mol. The zero-order valence-electron chi connectivity index (χ0n) is 17.2. The van der Waals surface area contributed by atoms with Crippen molar-refractivity contribution in [2.45, 2.75) is 17.2 Å². The molecule has 2 heterocycles. The van der Waals surface area contributed by atoms with Crippen LogP contribution in [-0.2, 0) is 13.8 Å². The quantitative estimate of drug-likeness (QED) is 0.327. The number of halogens is 4. The Morgan fingerprint density at radius 2 is 1.79 bits per heavy atom. The predicted molar refractivity (Wildman–Crippen MR) is 129 cm³/mol. The Balaban J connectivity index is 0.000000178. The molecule has 1 fully saturated rings. The van der Waals surface area contributed by atoms with E-state index in [4.69, 9.17) is 27.6 Å². The highest BCUT2D eigenvalue weighted by atomic mass is 79.9. The minimum atomic E-state index is -3.82. The Kier molecular flexibility index (Phi) is 10.3. The molecule has 10 heteroatoms.